The molecule has 12 nitrogen and oxygen atoms in total. The van der Waals surface area contributed by atoms with Crippen molar-refractivity contribution >= 4 is 0 Å². The van der Waals surface area contributed by atoms with Gasteiger partial charge in [-0.1, -0.05) is 25.0 Å². The Labute approximate surface area is 217 Å². The minimum atomic E-state index is -1.64. The summed E-state index contributed by atoms with van der Waals surface area (Å²) in [6, 6.07) is 0. The quantitative estimate of drug-likeness (QED) is 0.156. The van der Waals surface area contributed by atoms with Crippen LogP contribution in [0.1, 0.15) is 53.4 Å². The fourth-order valence-electron chi connectivity index (χ4n) is 5.56. The Morgan fingerprint density at radius 3 is 2.03 bits per heavy atom. The highest BCUT2D eigenvalue weighted by molar-refractivity contribution is 5.24. The van der Waals surface area contributed by atoms with Gasteiger partial charge in [0.25, 0.3) is 0 Å². The van der Waals surface area contributed by atoms with Gasteiger partial charge in [-0.15, -0.1) is 0 Å². The Hall–Kier alpha value is -0.740. The molecule has 216 valence electrons. The van der Waals surface area contributed by atoms with E-state index in [1.807, 2.05) is 6.92 Å². The largest absolute Gasteiger partial charge is 0.394 e. The third-order valence-electron chi connectivity index (χ3n) is 7.68. The molecule has 0 aromatic heterocycles. The Morgan fingerprint density at radius 1 is 0.892 bits per heavy atom. The predicted molar refractivity (Wildman–Crippen MR) is 128 cm³/mol. The second-order valence-corrected chi connectivity index (χ2v) is 11.2. The Morgan fingerprint density at radius 2 is 1.46 bits per heavy atom. The van der Waals surface area contributed by atoms with Crippen molar-refractivity contribution < 1.29 is 59.8 Å². The zero-order chi connectivity index (χ0) is 27.7. The molecule has 0 spiro atoms. The summed E-state index contributed by atoms with van der Waals surface area (Å²) in [4.78, 5) is 0. The standard InChI is InChI=1S/C25H44O12/c1-11-7-13(8-25(3,4)14(11)6-5-12(2)27)35-24-22(33)20(31)18(29)16(37-24)10-34-23-21(32)19(30)17(28)15(9-26)36-23/h12-13,15-24,26-33H,5-10H2,1-4H3/t12-,13+,15+,16+,17+,18+,19-,20-,21+,22+,23+,24+/m0/s1. The van der Waals surface area contributed by atoms with Gasteiger partial charge in [-0.3, -0.25) is 0 Å². The highest BCUT2D eigenvalue weighted by Gasteiger charge is 2.48. The molecule has 0 bridgehead atoms. The maximum Gasteiger partial charge on any atom is 0.186 e. The van der Waals surface area contributed by atoms with Crippen molar-refractivity contribution in [2.24, 2.45) is 5.41 Å². The lowest BCUT2D eigenvalue weighted by molar-refractivity contribution is -0.336. The van der Waals surface area contributed by atoms with Crippen LogP contribution in [0.2, 0.25) is 0 Å². The monoisotopic (exact) mass is 536 g/mol. The van der Waals surface area contributed by atoms with E-state index in [4.69, 9.17) is 18.9 Å². The molecule has 12 atom stereocenters. The lowest BCUT2D eigenvalue weighted by Crippen LogP contribution is -2.62. The van der Waals surface area contributed by atoms with Gasteiger partial charge in [-0.05, 0) is 44.9 Å². The van der Waals surface area contributed by atoms with E-state index in [1.165, 1.54) is 5.57 Å². The molecule has 2 fully saturated rings. The number of aliphatic hydroxyl groups is 8. The third-order valence-corrected chi connectivity index (χ3v) is 7.68. The van der Waals surface area contributed by atoms with Crippen LogP contribution in [0.4, 0.5) is 0 Å². The highest BCUT2D eigenvalue weighted by atomic mass is 16.7. The number of ether oxygens (including phenoxy) is 4. The van der Waals surface area contributed by atoms with Crippen LogP contribution in [-0.2, 0) is 18.9 Å². The van der Waals surface area contributed by atoms with E-state index < -0.39 is 80.7 Å². The summed E-state index contributed by atoms with van der Waals surface area (Å²) in [5.41, 5.74) is 2.18. The van der Waals surface area contributed by atoms with Gasteiger partial charge >= 0.3 is 0 Å². The molecule has 3 rings (SSSR count). The molecule has 0 unspecified atom stereocenters. The molecule has 0 aromatic carbocycles. The van der Waals surface area contributed by atoms with E-state index in [0.29, 0.717) is 19.3 Å². The average Bonchev–Trinajstić information content (AvgIpc) is 2.82. The first-order valence-corrected chi connectivity index (χ1v) is 12.9. The molecule has 37 heavy (non-hydrogen) atoms. The Kier molecular flexibility index (Phi) is 10.5. The van der Waals surface area contributed by atoms with Gasteiger partial charge in [-0.25, -0.2) is 0 Å². The van der Waals surface area contributed by atoms with E-state index in [1.54, 1.807) is 6.92 Å². The minimum Gasteiger partial charge on any atom is -0.394 e. The van der Waals surface area contributed by atoms with E-state index in [9.17, 15) is 40.9 Å². The number of hydrogen-bond acceptors (Lipinski definition) is 12. The first-order valence-electron chi connectivity index (χ1n) is 12.9. The maximum atomic E-state index is 10.5. The van der Waals surface area contributed by atoms with Crippen LogP contribution in [0.15, 0.2) is 11.1 Å². The number of hydrogen-bond donors (Lipinski definition) is 8. The molecule has 2 aliphatic heterocycles. The van der Waals surface area contributed by atoms with Crippen molar-refractivity contribution in [1.29, 1.82) is 0 Å². The van der Waals surface area contributed by atoms with E-state index >= 15 is 0 Å². The van der Waals surface area contributed by atoms with Gasteiger partial charge in [0.15, 0.2) is 12.6 Å². The summed E-state index contributed by atoms with van der Waals surface area (Å²) in [5.74, 6) is 0. The highest BCUT2D eigenvalue weighted by Crippen LogP contribution is 2.44. The summed E-state index contributed by atoms with van der Waals surface area (Å²) in [7, 11) is 0. The van der Waals surface area contributed by atoms with Gasteiger partial charge in [0.1, 0.15) is 48.8 Å². The zero-order valence-corrected chi connectivity index (χ0v) is 21.9. The average molecular weight is 537 g/mol. The van der Waals surface area contributed by atoms with Crippen molar-refractivity contribution in [3.63, 3.8) is 0 Å². The first-order chi connectivity index (χ1) is 17.3. The van der Waals surface area contributed by atoms with Gasteiger partial charge in [-0.2, -0.15) is 0 Å². The number of aliphatic hydroxyl groups excluding tert-OH is 8. The fraction of sp³-hybridized carbons (Fsp3) is 0.920. The lowest BCUT2D eigenvalue weighted by Gasteiger charge is -2.45. The lowest BCUT2D eigenvalue weighted by atomic mass is 9.70. The van der Waals surface area contributed by atoms with Crippen LogP contribution in [0.3, 0.4) is 0 Å². The maximum absolute atomic E-state index is 10.5. The molecule has 0 saturated carbocycles. The molecule has 3 aliphatic rings. The molecule has 0 radical (unpaired) electrons. The summed E-state index contributed by atoms with van der Waals surface area (Å²) >= 11 is 0. The molecular formula is C25H44O12. The van der Waals surface area contributed by atoms with Crippen LogP contribution in [0.25, 0.3) is 0 Å². The van der Waals surface area contributed by atoms with Gasteiger partial charge < -0.3 is 59.8 Å². The van der Waals surface area contributed by atoms with Gasteiger partial charge in [0.2, 0.25) is 0 Å². The number of rotatable bonds is 9. The summed E-state index contributed by atoms with van der Waals surface area (Å²) < 4.78 is 22.6. The predicted octanol–water partition coefficient (Wildman–Crippen LogP) is -1.71. The van der Waals surface area contributed by atoms with Crippen LogP contribution in [0.5, 0.6) is 0 Å². The van der Waals surface area contributed by atoms with Gasteiger partial charge in [0.05, 0.1) is 25.4 Å². The van der Waals surface area contributed by atoms with E-state index in [-0.39, 0.29) is 11.5 Å². The van der Waals surface area contributed by atoms with Crippen molar-refractivity contribution in [3.8, 4) is 0 Å². The van der Waals surface area contributed by atoms with Crippen molar-refractivity contribution in [1.82, 2.24) is 0 Å². The van der Waals surface area contributed by atoms with Crippen molar-refractivity contribution in [3.05, 3.63) is 11.1 Å². The van der Waals surface area contributed by atoms with E-state index in [0.717, 1.165) is 12.0 Å². The summed E-state index contributed by atoms with van der Waals surface area (Å²) in [6.07, 6.45) is -12.6. The minimum absolute atomic E-state index is 0.217. The zero-order valence-electron chi connectivity index (χ0n) is 21.9. The molecule has 2 heterocycles. The van der Waals surface area contributed by atoms with Crippen molar-refractivity contribution in [2.75, 3.05) is 13.2 Å². The fourth-order valence-corrected chi connectivity index (χ4v) is 5.56. The molecular weight excluding hydrogens is 492 g/mol. The Balaban J connectivity index is 1.64. The van der Waals surface area contributed by atoms with Crippen LogP contribution in [0, 0.1) is 5.41 Å². The normalized spacial score (nSPS) is 43.6. The molecule has 0 aromatic rings. The SMILES string of the molecule is CC1=C(CC[C@H](C)O)C(C)(C)C[C@H](O[C@@H]2O[C@H](CO[C@@H]3O[C@H](CO)[C@@H](O)[C@H](O)[C@H]3O)[C@@H](O)[C@H](O)[C@H]2O)C1. The molecule has 0 amide bonds. The molecule has 12 heteroatoms. The van der Waals surface area contributed by atoms with Crippen LogP contribution in [-0.4, -0.2) is 128 Å². The Bertz CT molecular complexity index is 771. The number of allylic oxidation sites excluding steroid dienone is 1. The second kappa shape index (κ2) is 12.6. The van der Waals surface area contributed by atoms with E-state index in [2.05, 4.69) is 13.8 Å². The molecule has 1 aliphatic carbocycles. The van der Waals surface area contributed by atoms with Crippen LogP contribution < -0.4 is 0 Å². The van der Waals surface area contributed by atoms with Crippen LogP contribution >= 0.6 is 0 Å². The topological polar surface area (TPSA) is 199 Å². The summed E-state index contributed by atoms with van der Waals surface area (Å²) in [6.45, 7) is 6.93. The second-order valence-electron chi connectivity index (χ2n) is 11.2. The van der Waals surface area contributed by atoms with Gasteiger partial charge in [0, 0.05) is 0 Å². The third kappa shape index (κ3) is 7.07. The first kappa shape index (κ1) is 30.8. The smallest absolute Gasteiger partial charge is 0.186 e. The van der Waals surface area contributed by atoms with Crippen molar-refractivity contribution in [2.45, 2.75) is 127 Å². The molecule has 8 N–H and O–H groups in total. The summed E-state index contributed by atoms with van der Waals surface area (Å²) in [5, 5.41) is 80.5. The molecule has 2 saturated heterocycles.